The summed E-state index contributed by atoms with van der Waals surface area (Å²) in [4.78, 5) is 34.7. The van der Waals surface area contributed by atoms with Crippen LogP contribution < -0.4 is 5.56 Å². The van der Waals surface area contributed by atoms with Crippen LogP contribution in [0.4, 0.5) is 5.69 Å². The summed E-state index contributed by atoms with van der Waals surface area (Å²) < 4.78 is 27.4. The van der Waals surface area contributed by atoms with Gasteiger partial charge in [0, 0.05) is 37.0 Å². The maximum Gasteiger partial charge on any atom is 0.288 e. The SMILES string of the molecule is CCN(CC)S(=O)(=O)c1ccc(=O)n(CC(=O)c2ccc(Cl)c([N+](=O)[O-])c2)c1. The molecule has 0 saturated heterocycles. The molecule has 0 bridgehead atoms. The Morgan fingerprint density at radius 3 is 2.43 bits per heavy atom. The first-order chi connectivity index (χ1) is 13.1. The van der Waals surface area contributed by atoms with Gasteiger partial charge in [-0.1, -0.05) is 25.4 Å². The van der Waals surface area contributed by atoms with Crippen LogP contribution in [0, 0.1) is 10.1 Å². The molecule has 2 rings (SSSR count). The van der Waals surface area contributed by atoms with Crippen molar-refractivity contribution in [2.24, 2.45) is 0 Å². The fraction of sp³-hybridized carbons (Fsp3) is 0.294. The standard InChI is InChI=1S/C17H18ClN3O6S/c1-3-20(4-2)28(26,27)13-6-8-17(23)19(10-13)11-16(22)12-5-7-14(18)15(9-12)21(24)25/h5-10H,3-4,11H2,1-2H3. The Balaban J connectivity index is 2.40. The summed E-state index contributed by atoms with van der Waals surface area (Å²) in [5, 5.41) is 10.8. The van der Waals surface area contributed by atoms with E-state index in [1.54, 1.807) is 13.8 Å². The summed E-state index contributed by atoms with van der Waals surface area (Å²) in [6, 6.07) is 5.79. The zero-order chi connectivity index (χ0) is 21.1. The molecule has 0 aliphatic carbocycles. The Kier molecular flexibility index (Phi) is 6.70. The van der Waals surface area contributed by atoms with E-state index in [2.05, 4.69) is 0 Å². The first-order valence-corrected chi connectivity index (χ1v) is 10.1. The molecular weight excluding hydrogens is 410 g/mol. The van der Waals surface area contributed by atoms with Gasteiger partial charge in [0.15, 0.2) is 5.78 Å². The summed E-state index contributed by atoms with van der Waals surface area (Å²) >= 11 is 5.73. The number of rotatable bonds is 8. The highest BCUT2D eigenvalue weighted by atomic mass is 35.5. The van der Waals surface area contributed by atoms with E-state index in [1.165, 1.54) is 22.5 Å². The van der Waals surface area contributed by atoms with Crippen molar-refractivity contribution in [2.45, 2.75) is 25.3 Å². The van der Waals surface area contributed by atoms with Gasteiger partial charge in [0.1, 0.15) is 5.02 Å². The fourth-order valence-electron chi connectivity index (χ4n) is 2.57. The molecule has 0 amide bonds. The van der Waals surface area contributed by atoms with Crippen molar-refractivity contribution < 1.29 is 18.1 Å². The number of nitro groups is 1. The molecule has 0 spiro atoms. The van der Waals surface area contributed by atoms with Crippen LogP contribution >= 0.6 is 11.6 Å². The van der Waals surface area contributed by atoms with Crippen molar-refractivity contribution in [1.82, 2.24) is 8.87 Å². The van der Waals surface area contributed by atoms with E-state index in [0.29, 0.717) is 0 Å². The predicted octanol–water partition coefficient (Wildman–Crippen LogP) is 2.32. The number of carbonyl (C=O) groups excluding carboxylic acids is 1. The third-order valence-corrected chi connectivity index (χ3v) is 6.43. The molecule has 0 saturated carbocycles. The molecule has 1 heterocycles. The molecule has 9 nitrogen and oxygen atoms in total. The molecule has 0 unspecified atom stereocenters. The Hall–Kier alpha value is -2.56. The van der Waals surface area contributed by atoms with Crippen molar-refractivity contribution in [2.75, 3.05) is 13.1 Å². The van der Waals surface area contributed by atoms with Gasteiger partial charge >= 0.3 is 0 Å². The van der Waals surface area contributed by atoms with Crippen LogP contribution in [0.25, 0.3) is 0 Å². The molecule has 28 heavy (non-hydrogen) atoms. The lowest BCUT2D eigenvalue weighted by Gasteiger charge is -2.19. The number of hydrogen-bond acceptors (Lipinski definition) is 6. The average Bonchev–Trinajstić information content (AvgIpc) is 2.64. The number of hydrogen-bond donors (Lipinski definition) is 0. The van der Waals surface area contributed by atoms with E-state index in [-0.39, 0.29) is 28.6 Å². The second kappa shape index (κ2) is 8.63. The average molecular weight is 428 g/mol. The summed E-state index contributed by atoms with van der Waals surface area (Å²) in [7, 11) is -3.81. The van der Waals surface area contributed by atoms with Crippen LogP contribution in [0.3, 0.4) is 0 Å². The fourth-order valence-corrected chi connectivity index (χ4v) is 4.24. The van der Waals surface area contributed by atoms with Gasteiger partial charge in [0.2, 0.25) is 10.0 Å². The molecule has 0 N–H and O–H groups in total. The van der Waals surface area contributed by atoms with Gasteiger partial charge < -0.3 is 4.57 Å². The number of aromatic nitrogens is 1. The van der Waals surface area contributed by atoms with E-state index in [4.69, 9.17) is 11.6 Å². The highest BCUT2D eigenvalue weighted by molar-refractivity contribution is 7.89. The van der Waals surface area contributed by atoms with Gasteiger partial charge in [-0.3, -0.25) is 19.7 Å². The van der Waals surface area contributed by atoms with Gasteiger partial charge in [-0.2, -0.15) is 4.31 Å². The largest absolute Gasteiger partial charge is 0.306 e. The maximum absolute atomic E-state index is 12.6. The molecule has 2 aromatic rings. The van der Waals surface area contributed by atoms with Crippen molar-refractivity contribution in [3.8, 4) is 0 Å². The summed E-state index contributed by atoms with van der Waals surface area (Å²) in [5.41, 5.74) is -1.02. The summed E-state index contributed by atoms with van der Waals surface area (Å²) in [5.74, 6) is -0.598. The van der Waals surface area contributed by atoms with Gasteiger partial charge in [-0.05, 0) is 18.2 Å². The van der Waals surface area contributed by atoms with Crippen LogP contribution in [-0.2, 0) is 16.6 Å². The number of sulfonamides is 1. The van der Waals surface area contributed by atoms with Gasteiger partial charge in [-0.25, -0.2) is 8.42 Å². The zero-order valence-corrected chi connectivity index (χ0v) is 16.7. The van der Waals surface area contributed by atoms with Crippen molar-refractivity contribution in [3.05, 3.63) is 67.6 Å². The summed E-state index contributed by atoms with van der Waals surface area (Å²) in [6.07, 6.45) is 1.10. The van der Waals surface area contributed by atoms with Gasteiger partial charge in [-0.15, -0.1) is 0 Å². The Bertz CT molecular complexity index is 1080. The first kappa shape index (κ1) is 21.7. The minimum Gasteiger partial charge on any atom is -0.306 e. The molecule has 0 aliphatic rings. The zero-order valence-electron chi connectivity index (χ0n) is 15.2. The molecule has 0 aliphatic heterocycles. The molecule has 0 atom stereocenters. The van der Waals surface area contributed by atoms with E-state index in [1.807, 2.05) is 0 Å². The number of benzene rings is 1. The minimum absolute atomic E-state index is 0.0139. The molecule has 11 heteroatoms. The molecular formula is C17H18ClN3O6S. The van der Waals surface area contributed by atoms with Crippen LogP contribution in [0.15, 0.2) is 46.2 Å². The topological polar surface area (TPSA) is 120 Å². The van der Waals surface area contributed by atoms with Crippen molar-refractivity contribution in [1.29, 1.82) is 0 Å². The lowest BCUT2D eigenvalue weighted by Crippen LogP contribution is -2.32. The van der Waals surface area contributed by atoms with E-state index in [0.717, 1.165) is 22.9 Å². The highest BCUT2D eigenvalue weighted by Crippen LogP contribution is 2.25. The minimum atomic E-state index is -3.81. The Labute approximate surface area is 166 Å². The molecule has 150 valence electrons. The molecule has 1 aromatic heterocycles. The second-order valence-electron chi connectivity index (χ2n) is 5.77. The maximum atomic E-state index is 12.6. The second-order valence-corrected chi connectivity index (χ2v) is 8.11. The number of pyridine rings is 1. The van der Waals surface area contributed by atoms with E-state index < -0.39 is 38.5 Å². The number of halogens is 1. The first-order valence-electron chi connectivity index (χ1n) is 8.29. The van der Waals surface area contributed by atoms with E-state index in [9.17, 15) is 28.1 Å². The monoisotopic (exact) mass is 427 g/mol. The van der Waals surface area contributed by atoms with E-state index >= 15 is 0 Å². The van der Waals surface area contributed by atoms with Crippen molar-refractivity contribution in [3.63, 3.8) is 0 Å². The molecule has 0 fully saturated rings. The number of ketones is 1. The predicted molar refractivity (Wildman–Crippen MR) is 103 cm³/mol. The summed E-state index contributed by atoms with van der Waals surface area (Å²) in [6.45, 7) is 3.41. The normalized spacial score (nSPS) is 11.6. The van der Waals surface area contributed by atoms with Gasteiger partial charge in [0.05, 0.1) is 16.4 Å². The smallest absolute Gasteiger partial charge is 0.288 e. The third kappa shape index (κ3) is 4.46. The van der Waals surface area contributed by atoms with Crippen LogP contribution in [0.2, 0.25) is 5.02 Å². The van der Waals surface area contributed by atoms with Crippen molar-refractivity contribution >= 4 is 33.1 Å². The Morgan fingerprint density at radius 1 is 1.21 bits per heavy atom. The molecule has 1 aromatic carbocycles. The van der Waals surface area contributed by atoms with Gasteiger partial charge in [0.25, 0.3) is 11.2 Å². The van der Waals surface area contributed by atoms with Crippen LogP contribution in [0.1, 0.15) is 24.2 Å². The Morgan fingerprint density at radius 2 is 1.86 bits per heavy atom. The third-order valence-electron chi connectivity index (χ3n) is 4.08. The lowest BCUT2D eigenvalue weighted by atomic mass is 10.1. The number of Topliss-reactive ketones (excluding diaryl/α,β-unsaturated/α-hetero) is 1. The number of nitro benzene ring substituents is 1. The lowest BCUT2D eigenvalue weighted by molar-refractivity contribution is -0.384. The van der Waals surface area contributed by atoms with Crippen LogP contribution in [0.5, 0.6) is 0 Å². The highest BCUT2D eigenvalue weighted by Gasteiger charge is 2.23. The number of carbonyl (C=O) groups is 1. The van der Waals surface area contributed by atoms with Crippen LogP contribution in [-0.4, -0.2) is 41.1 Å². The molecule has 0 radical (unpaired) electrons. The quantitative estimate of drug-likeness (QED) is 0.362. The number of nitrogens with zero attached hydrogens (tertiary/aromatic N) is 3.